The summed E-state index contributed by atoms with van der Waals surface area (Å²) in [5.74, 6) is 0.435. The molecule has 2 aromatic rings. The average Bonchev–Trinajstić information content (AvgIpc) is 2.65. The number of halogens is 1. The summed E-state index contributed by atoms with van der Waals surface area (Å²) in [6.45, 7) is 0.250. The van der Waals surface area contributed by atoms with Crippen LogP contribution in [-0.4, -0.2) is 24.9 Å². The van der Waals surface area contributed by atoms with E-state index in [1.807, 2.05) is 0 Å². The first kappa shape index (κ1) is 20.2. The second kappa shape index (κ2) is 10.1. The lowest BCUT2D eigenvalue weighted by atomic mass is 10.0. The lowest BCUT2D eigenvalue weighted by molar-refractivity contribution is -0.129. The zero-order valence-electron chi connectivity index (χ0n) is 14.6. The standard InChI is InChI=1S/C19H19FO7/c1-24-8-14-6-15(10-25-12-21)18(16(7-14)11-27-19(20)23)26-9-13-2-4-17(22)5-3-13/h2-7,12,22H,8-11H2,1H3. The molecule has 0 fully saturated rings. The third-order valence-corrected chi connectivity index (χ3v) is 3.58. The highest BCUT2D eigenvalue weighted by atomic mass is 19.1. The minimum absolute atomic E-state index is 0.0808. The van der Waals surface area contributed by atoms with Gasteiger partial charge >= 0.3 is 6.22 Å². The summed E-state index contributed by atoms with van der Waals surface area (Å²) in [7, 11) is 1.51. The van der Waals surface area contributed by atoms with Crippen LogP contribution in [0.2, 0.25) is 0 Å². The molecule has 0 heterocycles. The van der Waals surface area contributed by atoms with Crippen molar-refractivity contribution in [3.63, 3.8) is 0 Å². The van der Waals surface area contributed by atoms with Gasteiger partial charge in [-0.25, -0.2) is 4.79 Å². The maximum atomic E-state index is 12.5. The van der Waals surface area contributed by atoms with Gasteiger partial charge in [0.2, 0.25) is 0 Å². The fraction of sp³-hybridized carbons (Fsp3) is 0.263. The highest BCUT2D eigenvalue weighted by Crippen LogP contribution is 2.29. The molecule has 0 amide bonds. The SMILES string of the molecule is COCc1cc(COC=O)c(OCc2ccc(O)cc2)c(COC(=O)F)c1. The highest BCUT2D eigenvalue weighted by Gasteiger charge is 2.15. The molecule has 1 N–H and O–H groups in total. The lowest BCUT2D eigenvalue weighted by Gasteiger charge is -2.17. The molecule has 0 radical (unpaired) electrons. The number of benzene rings is 2. The van der Waals surface area contributed by atoms with E-state index < -0.39 is 6.22 Å². The second-order valence-corrected chi connectivity index (χ2v) is 5.56. The first-order valence-corrected chi connectivity index (χ1v) is 7.95. The molecule has 0 aliphatic heterocycles. The van der Waals surface area contributed by atoms with Crippen LogP contribution < -0.4 is 4.74 Å². The molecule has 8 heteroatoms. The van der Waals surface area contributed by atoms with Gasteiger partial charge in [0.1, 0.15) is 31.3 Å². The summed E-state index contributed by atoms with van der Waals surface area (Å²) in [4.78, 5) is 21.1. The van der Waals surface area contributed by atoms with Crippen LogP contribution in [0.3, 0.4) is 0 Å². The predicted octanol–water partition coefficient (Wildman–Crippen LogP) is 3.40. The van der Waals surface area contributed by atoms with Crippen molar-refractivity contribution in [1.29, 1.82) is 0 Å². The van der Waals surface area contributed by atoms with Crippen molar-refractivity contribution in [2.45, 2.75) is 26.4 Å². The summed E-state index contributed by atoms with van der Waals surface area (Å²) in [5, 5.41) is 9.34. The molecule has 0 saturated heterocycles. The average molecular weight is 378 g/mol. The molecular weight excluding hydrogens is 359 g/mol. The van der Waals surface area contributed by atoms with Gasteiger partial charge < -0.3 is 24.1 Å². The van der Waals surface area contributed by atoms with E-state index in [2.05, 4.69) is 4.74 Å². The monoisotopic (exact) mass is 378 g/mol. The van der Waals surface area contributed by atoms with Gasteiger partial charge in [-0.05, 0) is 35.4 Å². The van der Waals surface area contributed by atoms with E-state index in [-0.39, 0.29) is 32.2 Å². The molecule has 0 atom stereocenters. The first-order valence-electron chi connectivity index (χ1n) is 7.95. The Kier molecular flexibility index (Phi) is 7.57. The molecule has 0 aliphatic carbocycles. The number of hydrogen-bond acceptors (Lipinski definition) is 7. The molecule has 0 unspecified atom stereocenters. The number of hydrogen-bond donors (Lipinski definition) is 1. The van der Waals surface area contributed by atoms with E-state index in [0.29, 0.717) is 28.9 Å². The molecule has 144 valence electrons. The number of aromatic hydroxyl groups is 1. The number of ether oxygens (including phenoxy) is 4. The Labute approximate surface area is 155 Å². The van der Waals surface area contributed by atoms with E-state index >= 15 is 0 Å². The largest absolute Gasteiger partial charge is 0.508 e. The number of methoxy groups -OCH3 is 1. The van der Waals surface area contributed by atoms with Crippen molar-refractivity contribution in [3.05, 3.63) is 58.7 Å². The quantitative estimate of drug-likeness (QED) is 0.500. The topological polar surface area (TPSA) is 91.3 Å². The van der Waals surface area contributed by atoms with Crippen molar-refractivity contribution in [2.24, 2.45) is 0 Å². The Balaban J connectivity index is 2.33. The molecule has 0 saturated carbocycles. The minimum atomic E-state index is -1.91. The summed E-state index contributed by atoms with van der Waals surface area (Å²) < 4.78 is 32.7. The van der Waals surface area contributed by atoms with Crippen molar-refractivity contribution in [1.82, 2.24) is 0 Å². The minimum Gasteiger partial charge on any atom is -0.508 e. The van der Waals surface area contributed by atoms with Crippen LogP contribution in [0.15, 0.2) is 36.4 Å². The Bertz CT molecular complexity index is 774. The molecule has 2 aromatic carbocycles. The predicted molar refractivity (Wildman–Crippen MR) is 91.7 cm³/mol. The van der Waals surface area contributed by atoms with Gasteiger partial charge in [-0.3, -0.25) is 4.79 Å². The maximum absolute atomic E-state index is 12.5. The molecular formula is C19H19FO7. The first-order chi connectivity index (χ1) is 13.0. The van der Waals surface area contributed by atoms with Gasteiger partial charge in [0.15, 0.2) is 0 Å². The van der Waals surface area contributed by atoms with E-state index in [0.717, 1.165) is 5.56 Å². The fourth-order valence-corrected chi connectivity index (χ4v) is 2.48. The summed E-state index contributed by atoms with van der Waals surface area (Å²) in [6, 6.07) is 9.77. The van der Waals surface area contributed by atoms with E-state index in [9.17, 15) is 19.1 Å². The van der Waals surface area contributed by atoms with Gasteiger partial charge in [-0.2, -0.15) is 0 Å². The van der Waals surface area contributed by atoms with Crippen molar-refractivity contribution in [2.75, 3.05) is 7.11 Å². The van der Waals surface area contributed by atoms with Gasteiger partial charge in [-0.1, -0.05) is 12.1 Å². The van der Waals surface area contributed by atoms with Gasteiger partial charge in [0, 0.05) is 18.2 Å². The second-order valence-electron chi connectivity index (χ2n) is 5.56. The van der Waals surface area contributed by atoms with Crippen molar-refractivity contribution >= 4 is 12.7 Å². The zero-order chi connectivity index (χ0) is 19.6. The molecule has 27 heavy (non-hydrogen) atoms. The van der Waals surface area contributed by atoms with Crippen LogP contribution in [0.4, 0.5) is 9.18 Å². The Morgan fingerprint density at radius 2 is 1.70 bits per heavy atom. The lowest BCUT2D eigenvalue weighted by Crippen LogP contribution is -2.07. The van der Waals surface area contributed by atoms with Crippen LogP contribution in [0.5, 0.6) is 11.5 Å². The number of carbonyl (C=O) groups excluding carboxylic acids is 2. The Morgan fingerprint density at radius 3 is 2.30 bits per heavy atom. The summed E-state index contributed by atoms with van der Waals surface area (Å²) in [5.41, 5.74) is 2.40. The van der Waals surface area contributed by atoms with Crippen molar-refractivity contribution < 1.29 is 38.0 Å². The third-order valence-electron chi connectivity index (χ3n) is 3.58. The zero-order valence-corrected chi connectivity index (χ0v) is 14.6. The molecule has 2 rings (SSSR count). The third kappa shape index (κ3) is 6.27. The van der Waals surface area contributed by atoms with Crippen LogP contribution in [0.25, 0.3) is 0 Å². The molecule has 7 nitrogen and oxygen atoms in total. The normalized spacial score (nSPS) is 10.3. The van der Waals surface area contributed by atoms with E-state index in [1.165, 1.54) is 19.2 Å². The Morgan fingerprint density at radius 1 is 1.04 bits per heavy atom. The number of phenols is 1. The fourth-order valence-electron chi connectivity index (χ4n) is 2.48. The molecule has 0 bridgehead atoms. The maximum Gasteiger partial charge on any atom is 0.495 e. The Hall–Kier alpha value is -3.13. The molecule has 0 spiro atoms. The molecule has 0 aliphatic rings. The van der Waals surface area contributed by atoms with Crippen LogP contribution in [0.1, 0.15) is 22.3 Å². The van der Waals surface area contributed by atoms with E-state index in [1.54, 1.807) is 24.3 Å². The van der Waals surface area contributed by atoms with Crippen LogP contribution in [0, 0.1) is 0 Å². The number of carbonyl (C=O) groups is 2. The van der Waals surface area contributed by atoms with Gasteiger partial charge in [-0.15, -0.1) is 4.39 Å². The van der Waals surface area contributed by atoms with Crippen LogP contribution in [-0.2, 0) is 45.4 Å². The van der Waals surface area contributed by atoms with Crippen LogP contribution >= 0.6 is 0 Å². The summed E-state index contributed by atoms with van der Waals surface area (Å²) in [6.07, 6.45) is -1.91. The van der Waals surface area contributed by atoms with Gasteiger partial charge in [0.05, 0.1) is 6.61 Å². The van der Waals surface area contributed by atoms with Crippen molar-refractivity contribution in [3.8, 4) is 11.5 Å². The van der Waals surface area contributed by atoms with Gasteiger partial charge in [0.25, 0.3) is 6.47 Å². The number of rotatable bonds is 10. The summed E-state index contributed by atoms with van der Waals surface area (Å²) >= 11 is 0. The van der Waals surface area contributed by atoms with E-state index in [4.69, 9.17) is 14.2 Å². The number of phenolic OH excluding ortho intramolecular Hbond substituents is 1. The highest BCUT2D eigenvalue weighted by molar-refractivity contribution is 5.58. The smallest absolute Gasteiger partial charge is 0.495 e. The molecule has 0 aromatic heterocycles.